The van der Waals surface area contributed by atoms with E-state index in [0.717, 1.165) is 35.7 Å². The molecule has 0 bridgehead atoms. The van der Waals surface area contributed by atoms with Crippen LogP contribution in [0.2, 0.25) is 5.02 Å². The lowest BCUT2D eigenvalue weighted by atomic mass is 9.93. The standard InChI is InChI=1S/C13H18ClNO/c1-8(2)10-6-13(16)11(5-12(10)14)9-3-4-15-7-9/h5-6,8-9,15-16H,3-4,7H2,1-2H3. The van der Waals surface area contributed by atoms with Gasteiger partial charge in [0.15, 0.2) is 0 Å². The fraction of sp³-hybridized carbons (Fsp3) is 0.538. The summed E-state index contributed by atoms with van der Waals surface area (Å²) < 4.78 is 0. The first-order chi connectivity index (χ1) is 7.59. The van der Waals surface area contributed by atoms with Gasteiger partial charge in [-0.2, -0.15) is 0 Å². The maximum absolute atomic E-state index is 10.0. The van der Waals surface area contributed by atoms with E-state index in [1.165, 1.54) is 0 Å². The van der Waals surface area contributed by atoms with Crippen LogP contribution in [0.5, 0.6) is 5.75 Å². The molecule has 3 heteroatoms. The summed E-state index contributed by atoms with van der Waals surface area (Å²) >= 11 is 6.24. The second-order valence-corrected chi connectivity index (χ2v) is 5.18. The highest BCUT2D eigenvalue weighted by molar-refractivity contribution is 6.31. The van der Waals surface area contributed by atoms with Crippen molar-refractivity contribution >= 4 is 11.6 Å². The Morgan fingerprint density at radius 2 is 2.19 bits per heavy atom. The molecule has 0 amide bonds. The number of halogens is 1. The third kappa shape index (κ3) is 2.18. The SMILES string of the molecule is CC(C)c1cc(O)c(C2CCNC2)cc1Cl. The number of phenolic OH excluding ortho intramolecular Hbond substituents is 1. The number of hydrogen-bond acceptors (Lipinski definition) is 2. The Balaban J connectivity index is 2.37. The van der Waals surface area contributed by atoms with E-state index in [4.69, 9.17) is 11.6 Å². The first-order valence-corrected chi connectivity index (χ1v) is 6.20. The van der Waals surface area contributed by atoms with E-state index >= 15 is 0 Å². The monoisotopic (exact) mass is 239 g/mol. The van der Waals surface area contributed by atoms with Gasteiger partial charge in [0, 0.05) is 17.5 Å². The number of benzene rings is 1. The molecule has 1 unspecified atom stereocenters. The van der Waals surface area contributed by atoms with Crippen molar-refractivity contribution in [2.75, 3.05) is 13.1 Å². The van der Waals surface area contributed by atoms with E-state index in [1.807, 2.05) is 12.1 Å². The summed E-state index contributed by atoms with van der Waals surface area (Å²) in [6, 6.07) is 3.75. The zero-order chi connectivity index (χ0) is 11.7. The molecule has 0 aliphatic carbocycles. The quantitative estimate of drug-likeness (QED) is 0.831. The predicted octanol–water partition coefficient (Wildman–Crippen LogP) is 3.25. The summed E-state index contributed by atoms with van der Waals surface area (Å²) in [5.74, 6) is 1.13. The van der Waals surface area contributed by atoms with E-state index in [1.54, 1.807) is 0 Å². The molecule has 88 valence electrons. The highest BCUT2D eigenvalue weighted by Gasteiger charge is 2.21. The molecule has 1 aromatic rings. The molecule has 1 atom stereocenters. The van der Waals surface area contributed by atoms with Crippen LogP contribution in [-0.4, -0.2) is 18.2 Å². The number of phenols is 1. The Hall–Kier alpha value is -0.730. The summed E-state index contributed by atoms with van der Waals surface area (Å²) in [6.45, 7) is 6.12. The number of nitrogens with one attached hydrogen (secondary N) is 1. The summed E-state index contributed by atoms with van der Waals surface area (Å²) in [4.78, 5) is 0. The van der Waals surface area contributed by atoms with Crippen molar-refractivity contribution in [3.8, 4) is 5.75 Å². The molecule has 1 aliphatic heterocycles. The molecule has 1 saturated heterocycles. The predicted molar refractivity (Wildman–Crippen MR) is 67.4 cm³/mol. The molecule has 2 N–H and O–H groups in total. The van der Waals surface area contributed by atoms with Gasteiger partial charge in [0.25, 0.3) is 0 Å². The van der Waals surface area contributed by atoms with Crippen molar-refractivity contribution in [3.05, 3.63) is 28.3 Å². The normalized spacial score (nSPS) is 20.6. The van der Waals surface area contributed by atoms with Gasteiger partial charge in [-0.05, 0) is 42.1 Å². The number of hydrogen-bond donors (Lipinski definition) is 2. The van der Waals surface area contributed by atoms with Crippen LogP contribution in [0.1, 0.15) is 43.2 Å². The van der Waals surface area contributed by atoms with Crippen molar-refractivity contribution in [3.63, 3.8) is 0 Å². The molecule has 2 rings (SSSR count). The van der Waals surface area contributed by atoms with Gasteiger partial charge in [0.1, 0.15) is 5.75 Å². The maximum atomic E-state index is 10.0. The zero-order valence-electron chi connectivity index (χ0n) is 9.76. The Labute approximate surface area is 102 Å². The minimum atomic E-state index is 0.342. The van der Waals surface area contributed by atoms with Crippen LogP contribution in [0.15, 0.2) is 12.1 Å². The van der Waals surface area contributed by atoms with Crippen LogP contribution < -0.4 is 5.32 Å². The van der Waals surface area contributed by atoms with Crippen LogP contribution in [0.3, 0.4) is 0 Å². The van der Waals surface area contributed by atoms with Crippen LogP contribution in [0.25, 0.3) is 0 Å². The van der Waals surface area contributed by atoms with Gasteiger partial charge < -0.3 is 10.4 Å². The van der Waals surface area contributed by atoms with Crippen LogP contribution >= 0.6 is 11.6 Å². The Kier molecular flexibility index (Phi) is 3.41. The van der Waals surface area contributed by atoms with Gasteiger partial charge in [-0.3, -0.25) is 0 Å². The van der Waals surface area contributed by atoms with Crippen LogP contribution in [0, 0.1) is 0 Å². The largest absolute Gasteiger partial charge is 0.508 e. The van der Waals surface area contributed by atoms with E-state index in [2.05, 4.69) is 19.2 Å². The first-order valence-electron chi connectivity index (χ1n) is 5.82. The van der Waals surface area contributed by atoms with Crippen molar-refractivity contribution in [2.24, 2.45) is 0 Å². The molecule has 16 heavy (non-hydrogen) atoms. The summed E-state index contributed by atoms with van der Waals surface area (Å²) in [7, 11) is 0. The minimum Gasteiger partial charge on any atom is -0.508 e. The Morgan fingerprint density at radius 3 is 2.75 bits per heavy atom. The number of aromatic hydroxyl groups is 1. The van der Waals surface area contributed by atoms with Crippen LogP contribution in [-0.2, 0) is 0 Å². The van der Waals surface area contributed by atoms with Crippen molar-refractivity contribution in [2.45, 2.75) is 32.1 Å². The van der Waals surface area contributed by atoms with Gasteiger partial charge in [0.05, 0.1) is 0 Å². The molecule has 1 heterocycles. The molecule has 0 aromatic heterocycles. The molecule has 0 spiro atoms. The van der Waals surface area contributed by atoms with Gasteiger partial charge >= 0.3 is 0 Å². The highest BCUT2D eigenvalue weighted by atomic mass is 35.5. The van der Waals surface area contributed by atoms with Gasteiger partial charge in [-0.15, -0.1) is 0 Å². The zero-order valence-corrected chi connectivity index (χ0v) is 10.5. The molecule has 0 radical (unpaired) electrons. The lowest BCUT2D eigenvalue weighted by Gasteiger charge is -2.15. The second-order valence-electron chi connectivity index (χ2n) is 4.78. The highest BCUT2D eigenvalue weighted by Crippen LogP contribution is 2.36. The molecular weight excluding hydrogens is 222 g/mol. The van der Waals surface area contributed by atoms with Crippen molar-refractivity contribution in [1.82, 2.24) is 5.32 Å². The third-order valence-corrected chi connectivity index (χ3v) is 3.60. The summed E-state index contributed by atoms with van der Waals surface area (Å²) in [5, 5.41) is 14.1. The minimum absolute atomic E-state index is 0.342. The molecule has 0 saturated carbocycles. The average molecular weight is 240 g/mol. The van der Waals surface area contributed by atoms with E-state index in [0.29, 0.717) is 17.6 Å². The topological polar surface area (TPSA) is 32.3 Å². The molecule has 1 fully saturated rings. The fourth-order valence-electron chi connectivity index (χ4n) is 2.28. The van der Waals surface area contributed by atoms with Crippen LogP contribution in [0.4, 0.5) is 0 Å². The summed E-state index contributed by atoms with van der Waals surface area (Å²) in [5.41, 5.74) is 2.01. The first kappa shape index (κ1) is 11.7. The fourth-order valence-corrected chi connectivity index (χ4v) is 2.67. The van der Waals surface area contributed by atoms with Gasteiger partial charge in [-0.25, -0.2) is 0 Å². The lowest BCUT2D eigenvalue weighted by molar-refractivity contribution is 0.461. The summed E-state index contributed by atoms with van der Waals surface area (Å²) in [6.07, 6.45) is 1.07. The smallest absolute Gasteiger partial charge is 0.119 e. The van der Waals surface area contributed by atoms with Gasteiger partial charge in [0.2, 0.25) is 0 Å². The third-order valence-electron chi connectivity index (χ3n) is 3.27. The average Bonchev–Trinajstić information content (AvgIpc) is 2.73. The molecule has 1 aromatic carbocycles. The number of rotatable bonds is 2. The Morgan fingerprint density at radius 1 is 1.44 bits per heavy atom. The van der Waals surface area contributed by atoms with Crippen molar-refractivity contribution < 1.29 is 5.11 Å². The van der Waals surface area contributed by atoms with Gasteiger partial charge in [-0.1, -0.05) is 25.4 Å². The lowest BCUT2D eigenvalue weighted by Crippen LogP contribution is -2.08. The Bertz CT molecular complexity index is 384. The maximum Gasteiger partial charge on any atom is 0.119 e. The molecular formula is C13H18ClNO. The molecule has 2 nitrogen and oxygen atoms in total. The van der Waals surface area contributed by atoms with Crippen molar-refractivity contribution in [1.29, 1.82) is 0 Å². The second kappa shape index (κ2) is 4.64. The molecule has 1 aliphatic rings. The van der Waals surface area contributed by atoms with E-state index < -0.39 is 0 Å². The van der Waals surface area contributed by atoms with E-state index in [-0.39, 0.29) is 0 Å². The van der Waals surface area contributed by atoms with E-state index in [9.17, 15) is 5.11 Å².